The smallest absolute Gasteiger partial charge is 0.125 e. The number of rotatable bonds is 4. The van der Waals surface area contributed by atoms with Gasteiger partial charge in [0, 0.05) is 20.6 Å². The summed E-state index contributed by atoms with van der Waals surface area (Å²) in [6.45, 7) is 4.73. The molecular formula is C14H14BrClOS. The van der Waals surface area contributed by atoms with Crippen LogP contribution < -0.4 is 4.74 Å². The molecule has 2 rings (SSSR count). The Morgan fingerprint density at radius 2 is 1.89 bits per heavy atom. The Morgan fingerprint density at radius 1 is 1.22 bits per heavy atom. The lowest BCUT2D eigenvalue weighted by Gasteiger charge is -2.12. The summed E-state index contributed by atoms with van der Waals surface area (Å²) in [5.41, 5.74) is 3.42. The van der Waals surface area contributed by atoms with Crippen LogP contribution in [0.2, 0.25) is 0 Å². The predicted molar refractivity (Wildman–Crippen MR) is 81.8 cm³/mol. The molecule has 0 bridgehead atoms. The number of aryl methyl sites for hydroxylation is 2. The van der Waals surface area contributed by atoms with Crippen molar-refractivity contribution in [1.82, 2.24) is 0 Å². The molecular weight excluding hydrogens is 332 g/mol. The third kappa shape index (κ3) is 3.28. The standard InChI is InChI=1S/C14H14BrClOS/c1-9-3-11(6-16)4-10(2)14(9)17-7-13-5-12(15)8-18-13/h3-5,8H,6-7H2,1-2H3. The van der Waals surface area contributed by atoms with Crippen molar-refractivity contribution in [3.8, 4) is 5.75 Å². The van der Waals surface area contributed by atoms with Gasteiger partial charge in [0.1, 0.15) is 12.4 Å². The molecule has 0 aliphatic rings. The summed E-state index contributed by atoms with van der Waals surface area (Å²) in [7, 11) is 0. The van der Waals surface area contributed by atoms with E-state index in [9.17, 15) is 0 Å². The first-order valence-corrected chi connectivity index (χ1v) is 7.82. The van der Waals surface area contributed by atoms with E-state index in [-0.39, 0.29) is 0 Å². The number of hydrogen-bond acceptors (Lipinski definition) is 2. The van der Waals surface area contributed by atoms with Crippen molar-refractivity contribution in [3.05, 3.63) is 49.6 Å². The van der Waals surface area contributed by atoms with Gasteiger partial charge in [-0.2, -0.15) is 0 Å². The summed E-state index contributed by atoms with van der Waals surface area (Å²) in [5, 5.41) is 2.06. The lowest BCUT2D eigenvalue weighted by atomic mass is 10.1. The highest BCUT2D eigenvalue weighted by molar-refractivity contribution is 9.10. The van der Waals surface area contributed by atoms with Gasteiger partial charge in [-0.25, -0.2) is 0 Å². The molecule has 0 saturated heterocycles. The topological polar surface area (TPSA) is 9.23 Å². The van der Waals surface area contributed by atoms with E-state index in [4.69, 9.17) is 16.3 Å². The number of benzene rings is 1. The number of thiophene rings is 1. The van der Waals surface area contributed by atoms with Gasteiger partial charge >= 0.3 is 0 Å². The van der Waals surface area contributed by atoms with Crippen LogP contribution in [-0.4, -0.2) is 0 Å². The normalized spacial score (nSPS) is 10.7. The molecule has 0 unspecified atom stereocenters. The van der Waals surface area contributed by atoms with Gasteiger partial charge in [-0.3, -0.25) is 0 Å². The van der Waals surface area contributed by atoms with E-state index in [1.165, 1.54) is 4.88 Å². The van der Waals surface area contributed by atoms with Crippen molar-refractivity contribution < 1.29 is 4.74 Å². The quantitative estimate of drug-likeness (QED) is 0.670. The monoisotopic (exact) mass is 344 g/mol. The highest BCUT2D eigenvalue weighted by atomic mass is 79.9. The number of ether oxygens (including phenoxy) is 1. The van der Waals surface area contributed by atoms with Gasteiger partial charge < -0.3 is 4.74 Å². The summed E-state index contributed by atoms with van der Waals surface area (Å²) >= 11 is 11.0. The average molecular weight is 346 g/mol. The Bertz CT molecular complexity index is 527. The van der Waals surface area contributed by atoms with Gasteiger partial charge in [-0.1, -0.05) is 12.1 Å². The van der Waals surface area contributed by atoms with Crippen molar-refractivity contribution in [1.29, 1.82) is 0 Å². The molecule has 0 amide bonds. The van der Waals surface area contributed by atoms with Crippen LogP contribution in [0.4, 0.5) is 0 Å². The SMILES string of the molecule is Cc1cc(CCl)cc(C)c1OCc1cc(Br)cs1. The van der Waals surface area contributed by atoms with Crippen molar-refractivity contribution in [2.45, 2.75) is 26.3 Å². The summed E-state index contributed by atoms with van der Waals surface area (Å²) in [5.74, 6) is 1.51. The maximum absolute atomic E-state index is 5.91. The molecule has 0 aliphatic carbocycles. The van der Waals surface area contributed by atoms with E-state index < -0.39 is 0 Å². The Hall–Kier alpha value is -0.510. The third-order valence-electron chi connectivity index (χ3n) is 2.65. The second-order valence-electron chi connectivity index (χ2n) is 4.21. The maximum Gasteiger partial charge on any atom is 0.125 e. The van der Waals surface area contributed by atoms with Gasteiger partial charge in [0.15, 0.2) is 0 Å². The van der Waals surface area contributed by atoms with Crippen LogP contribution in [0, 0.1) is 13.8 Å². The number of hydrogen-bond donors (Lipinski definition) is 0. The minimum absolute atomic E-state index is 0.541. The fourth-order valence-corrected chi connectivity index (χ4v) is 3.43. The molecule has 18 heavy (non-hydrogen) atoms. The van der Waals surface area contributed by atoms with E-state index >= 15 is 0 Å². The van der Waals surface area contributed by atoms with Crippen LogP contribution in [0.1, 0.15) is 21.6 Å². The van der Waals surface area contributed by atoms with E-state index in [0.29, 0.717) is 12.5 Å². The molecule has 1 nitrogen and oxygen atoms in total. The first-order valence-electron chi connectivity index (χ1n) is 5.62. The van der Waals surface area contributed by atoms with Gasteiger partial charge in [0.2, 0.25) is 0 Å². The molecule has 0 radical (unpaired) electrons. The highest BCUT2D eigenvalue weighted by Gasteiger charge is 2.07. The molecule has 0 fully saturated rings. The number of alkyl halides is 1. The summed E-state index contributed by atoms with van der Waals surface area (Å²) in [6, 6.07) is 6.25. The first kappa shape index (κ1) is 13.9. The summed E-state index contributed by atoms with van der Waals surface area (Å²) < 4.78 is 7.02. The molecule has 0 N–H and O–H groups in total. The van der Waals surface area contributed by atoms with Crippen LogP contribution in [0.15, 0.2) is 28.1 Å². The van der Waals surface area contributed by atoms with Crippen LogP contribution in [0.5, 0.6) is 5.75 Å². The first-order chi connectivity index (χ1) is 8.60. The van der Waals surface area contributed by atoms with E-state index in [1.807, 2.05) is 0 Å². The van der Waals surface area contributed by atoms with Gasteiger partial charge in [0.25, 0.3) is 0 Å². The largest absolute Gasteiger partial charge is 0.488 e. The van der Waals surface area contributed by atoms with Gasteiger partial charge in [-0.05, 0) is 52.5 Å². The van der Waals surface area contributed by atoms with E-state index in [2.05, 4.69) is 53.4 Å². The van der Waals surface area contributed by atoms with E-state index in [0.717, 1.165) is 26.9 Å². The Kier molecular flexibility index (Phi) is 4.71. The van der Waals surface area contributed by atoms with Crippen LogP contribution >= 0.6 is 38.9 Å². The molecule has 0 aliphatic heterocycles. The molecule has 0 spiro atoms. The predicted octanol–water partition coefficient (Wildman–Crippen LogP) is 5.45. The average Bonchev–Trinajstić information content (AvgIpc) is 2.73. The maximum atomic E-state index is 5.91. The minimum Gasteiger partial charge on any atom is -0.488 e. The second-order valence-corrected chi connectivity index (χ2v) is 6.39. The second kappa shape index (κ2) is 6.09. The molecule has 1 aromatic carbocycles. The molecule has 0 saturated carbocycles. The molecule has 4 heteroatoms. The molecule has 1 aromatic heterocycles. The van der Waals surface area contributed by atoms with Crippen molar-refractivity contribution in [2.75, 3.05) is 0 Å². The summed E-state index contributed by atoms with van der Waals surface area (Å²) in [6.07, 6.45) is 0. The zero-order valence-electron chi connectivity index (χ0n) is 10.3. The van der Waals surface area contributed by atoms with E-state index in [1.54, 1.807) is 11.3 Å². The van der Waals surface area contributed by atoms with Gasteiger partial charge in [0.05, 0.1) is 0 Å². The fraction of sp³-hybridized carbons (Fsp3) is 0.286. The Balaban J connectivity index is 2.14. The van der Waals surface area contributed by atoms with Crippen LogP contribution in [-0.2, 0) is 12.5 Å². The lowest BCUT2D eigenvalue weighted by Crippen LogP contribution is -1.98. The molecule has 1 heterocycles. The highest BCUT2D eigenvalue weighted by Crippen LogP contribution is 2.28. The Labute approximate surface area is 125 Å². The third-order valence-corrected chi connectivity index (χ3v) is 4.63. The summed E-state index contributed by atoms with van der Waals surface area (Å²) in [4.78, 5) is 1.21. The van der Waals surface area contributed by atoms with Crippen molar-refractivity contribution in [3.63, 3.8) is 0 Å². The zero-order valence-corrected chi connectivity index (χ0v) is 13.5. The zero-order chi connectivity index (χ0) is 13.1. The molecule has 96 valence electrons. The van der Waals surface area contributed by atoms with Crippen molar-refractivity contribution in [2.24, 2.45) is 0 Å². The van der Waals surface area contributed by atoms with Crippen molar-refractivity contribution >= 4 is 38.9 Å². The number of halogens is 2. The van der Waals surface area contributed by atoms with Crippen LogP contribution in [0.25, 0.3) is 0 Å². The fourth-order valence-electron chi connectivity index (χ4n) is 1.92. The lowest BCUT2D eigenvalue weighted by molar-refractivity contribution is 0.305. The minimum atomic E-state index is 0.541. The van der Waals surface area contributed by atoms with Gasteiger partial charge in [-0.15, -0.1) is 22.9 Å². The molecule has 2 aromatic rings. The molecule has 0 atom stereocenters. The van der Waals surface area contributed by atoms with Crippen LogP contribution in [0.3, 0.4) is 0 Å². The Morgan fingerprint density at radius 3 is 2.39 bits per heavy atom.